The minimum atomic E-state index is -1.14. The molecule has 0 aliphatic heterocycles. The summed E-state index contributed by atoms with van der Waals surface area (Å²) in [6.45, 7) is 3.52. The third-order valence-corrected chi connectivity index (χ3v) is 4.59. The van der Waals surface area contributed by atoms with E-state index >= 15 is 0 Å². The molecule has 0 radical (unpaired) electrons. The lowest BCUT2D eigenvalue weighted by Gasteiger charge is -2.24. The molecule has 0 saturated heterocycles. The maximum absolute atomic E-state index is 12.5. The van der Waals surface area contributed by atoms with Crippen LogP contribution in [0.4, 0.5) is 0 Å². The van der Waals surface area contributed by atoms with Crippen LogP contribution < -0.4 is 21.7 Å². The van der Waals surface area contributed by atoms with E-state index in [1.54, 1.807) is 0 Å². The lowest BCUT2D eigenvalue weighted by atomic mass is 10.0. The lowest BCUT2D eigenvalue weighted by Crippen LogP contribution is -2.57. The van der Waals surface area contributed by atoms with Crippen LogP contribution in [0.1, 0.15) is 26.7 Å². The van der Waals surface area contributed by atoms with Gasteiger partial charge < -0.3 is 26.8 Å². The molecule has 11 heteroatoms. The number of carboxylic acids is 1. The molecule has 9 nitrogen and oxygen atoms in total. The number of nitrogens with one attached hydrogen (secondary N) is 3. The molecular weight excluding hydrogens is 392 g/mol. The lowest BCUT2D eigenvalue weighted by molar-refractivity contribution is -0.142. The number of hydrogen-bond donors (Lipinski definition) is 6. The Labute approximate surface area is 169 Å². The van der Waals surface area contributed by atoms with Crippen LogP contribution in [0.3, 0.4) is 0 Å². The average Bonchev–Trinajstić information content (AvgIpc) is 2.61. The van der Waals surface area contributed by atoms with Gasteiger partial charge in [-0.15, -0.1) is 0 Å². The molecule has 6 N–H and O–H groups in total. The van der Waals surface area contributed by atoms with Gasteiger partial charge in [0.25, 0.3) is 0 Å². The summed E-state index contributed by atoms with van der Waals surface area (Å²) in [5.41, 5.74) is 5.27. The molecule has 0 fully saturated rings. The van der Waals surface area contributed by atoms with E-state index in [9.17, 15) is 24.3 Å². The monoisotopic (exact) mass is 422 g/mol. The molecule has 0 aliphatic carbocycles. The van der Waals surface area contributed by atoms with Gasteiger partial charge in [-0.1, -0.05) is 13.8 Å². The minimum absolute atomic E-state index is 0.0221. The van der Waals surface area contributed by atoms with Gasteiger partial charge in [-0.25, -0.2) is 4.79 Å². The van der Waals surface area contributed by atoms with Crippen molar-refractivity contribution in [2.24, 2.45) is 11.7 Å². The standard InChI is InChI=1S/C16H30N4O5S2/c1-9(2)6-11(18-13(21)7-17)14(22)20-12(8-26)15(23)19-10(16(24)25)4-5-27-3/h9-12,26H,4-8,17H2,1-3H3,(H,18,21)(H,19,23)(H,20,22)(H,24,25). The Morgan fingerprint density at radius 3 is 2.04 bits per heavy atom. The number of carboxylic acid groups (broad SMARTS) is 1. The molecule has 0 aromatic heterocycles. The van der Waals surface area contributed by atoms with Crippen LogP contribution in [0.25, 0.3) is 0 Å². The zero-order chi connectivity index (χ0) is 21.0. The number of thiol groups is 1. The van der Waals surface area contributed by atoms with Crippen LogP contribution in [0.5, 0.6) is 0 Å². The minimum Gasteiger partial charge on any atom is -0.480 e. The first-order chi connectivity index (χ1) is 12.7. The second kappa shape index (κ2) is 13.7. The summed E-state index contributed by atoms with van der Waals surface area (Å²) in [5, 5.41) is 16.7. The SMILES string of the molecule is CSCCC(NC(=O)C(CS)NC(=O)C(CC(C)C)NC(=O)CN)C(=O)O. The molecule has 27 heavy (non-hydrogen) atoms. The maximum atomic E-state index is 12.5. The van der Waals surface area contributed by atoms with E-state index in [-0.39, 0.29) is 24.6 Å². The van der Waals surface area contributed by atoms with Gasteiger partial charge in [0.05, 0.1) is 6.54 Å². The van der Waals surface area contributed by atoms with Crippen molar-refractivity contribution in [3.63, 3.8) is 0 Å². The Hall–Kier alpha value is -1.46. The zero-order valence-corrected chi connectivity index (χ0v) is 17.6. The number of thioether (sulfide) groups is 1. The van der Waals surface area contributed by atoms with Gasteiger partial charge in [-0.2, -0.15) is 24.4 Å². The number of rotatable bonds is 13. The van der Waals surface area contributed by atoms with E-state index in [2.05, 4.69) is 28.6 Å². The van der Waals surface area contributed by atoms with Crippen molar-refractivity contribution in [1.29, 1.82) is 0 Å². The summed E-state index contributed by atoms with van der Waals surface area (Å²) in [6, 6.07) is -2.92. The average molecular weight is 423 g/mol. The van der Waals surface area contributed by atoms with Crippen LogP contribution in [0.15, 0.2) is 0 Å². The summed E-state index contributed by atoms with van der Waals surface area (Å²) in [4.78, 5) is 47.7. The highest BCUT2D eigenvalue weighted by Gasteiger charge is 2.28. The van der Waals surface area contributed by atoms with Gasteiger partial charge in [-0.3, -0.25) is 14.4 Å². The second-order valence-electron chi connectivity index (χ2n) is 6.38. The molecule has 0 heterocycles. The predicted molar refractivity (Wildman–Crippen MR) is 109 cm³/mol. The van der Waals surface area contributed by atoms with Crippen LogP contribution in [-0.2, 0) is 19.2 Å². The second-order valence-corrected chi connectivity index (χ2v) is 7.73. The van der Waals surface area contributed by atoms with E-state index < -0.39 is 41.8 Å². The molecule has 3 amide bonds. The van der Waals surface area contributed by atoms with Gasteiger partial charge in [-0.05, 0) is 30.8 Å². The summed E-state index contributed by atoms with van der Waals surface area (Å²) in [5.74, 6) is -2.15. The van der Waals surface area contributed by atoms with Crippen LogP contribution >= 0.6 is 24.4 Å². The van der Waals surface area contributed by atoms with Crippen molar-refractivity contribution in [2.45, 2.75) is 44.8 Å². The highest BCUT2D eigenvalue weighted by Crippen LogP contribution is 2.06. The largest absolute Gasteiger partial charge is 0.480 e. The van der Waals surface area contributed by atoms with Crippen molar-refractivity contribution in [3.05, 3.63) is 0 Å². The predicted octanol–water partition coefficient (Wildman–Crippen LogP) is -0.787. The molecule has 3 atom stereocenters. The Morgan fingerprint density at radius 2 is 1.59 bits per heavy atom. The fourth-order valence-corrected chi connectivity index (χ4v) is 2.92. The molecule has 0 bridgehead atoms. The van der Waals surface area contributed by atoms with E-state index in [0.29, 0.717) is 12.2 Å². The first kappa shape index (κ1) is 25.5. The van der Waals surface area contributed by atoms with Crippen molar-refractivity contribution in [3.8, 4) is 0 Å². The Morgan fingerprint density at radius 1 is 1.04 bits per heavy atom. The molecule has 156 valence electrons. The fourth-order valence-electron chi connectivity index (χ4n) is 2.19. The van der Waals surface area contributed by atoms with Gasteiger partial charge in [0.2, 0.25) is 17.7 Å². The molecule has 0 aromatic carbocycles. The Balaban J connectivity index is 5.02. The van der Waals surface area contributed by atoms with Crippen LogP contribution in [0.2, 0.25) is 0 Å². The third kappa shape index (κ3) is 10.5. The van der Waals surface area contributed by atoms with E-state index in [0.717, 1.165) is 0 Å². The highest BCUT2D eigenvalue weighted by atomic mass is 32.2. The highest BCUT2D eigenvalue weighted by molar-refractivity contribution is 7.98. The van der Waals surface area contributed by atoms with Crippen molar-refractivity contribution in [1.82, 2.24) is 16.0 Å². The van der Waals surface area contributed by atoms with E-state index in [1.807, 2.05) is 20.1 Å². The topological polar surface area (TPSA) is 151 Å². The maximum Gasteiger partial charge on any atom is 0.326 e. The van der Waals surface area contributed by atoms with E-state index in [1.165, 1.54) is 11.8 Å². The zero-order valence-electron chi connectivity index (χ0n) is 15.9. The number of carbonyl (C=O) groups excluding carboxylic acids is 3. The van der Waals surface area contributed by atoms with E-state index in [4.69, 9.17) is 5.73 Å². The number of aliphatic carboxylic acids is 1. The number of nitrogens with two attached hydrogens (primary N) is 1. The molecular formula is C16H30N4O5S2. The number of hydrogen-bond acceptors (Lipinski definition) is 7. The van der Waals surface area contributed by atoms with Gasteiger partial charge in [0.15, 0.2) is 0 Å². The van der Waals surface area contributed by atoms with Gasteiger partial charge in [0, 0.05) is 5.75 Å². The molecule has 0 aliphatic rings. The first-order valence-electron chi connectivity index (χ1n) is 8.58. The van der Waals surface area contributed by atoms with Crippen LogP contribution in [0, 0.1) is 5.92 Å². The molecule has 3 unspecified atom stereocenters. The molecule has 0 saturated carbocycles. The Kier molecular flexibility index (Phi) is 12.9. The number of carbonyl (C=O) groups is 4. The summed E-state index contributed by atoms with van der Waals surface area (Å²) >= 11 is 5.53. The van der Waals surface area contributed by atoms with Gasteiger partial charge >= 0.3 is 5.97 Å². The molecule has 0 aromatic rings. The quantitative estimate of drug-likeness (QED) is 0.213. The smallest absolute Gasteiger partial charge is 0.326 e. The molecule has 0 rings (SSSR count). The van der Waals surface area contributed by atoms with Crippen molar-refractivity contribution >= 4 is 48.1 Å². The van der Waals surface area contributed by atoms with Gasteiger partial charge in [0.1, 0.15) is 18.1 Å². The normalized spacial score (nSPS) is 14.1. The van der Waals surface area contributed by atoms with Crippen molar-refractivity contribution < 1.29 is 24.3 Å². The fraction of sp³-hybridized carbons (Fsp3) is 0.750. The summed E-state index contributed by atoms with van der Waals surface area (Å²) in [6.07, 6.45) is 2.46. The van der Waals surface area contributed by atoms with Crippen LogP contribution in [-0.4, -0.2) is 71.2 Å². The third-order valence-electron chi connectivity index (χ3n) is 3.59. The summed E-state index contributed by atoms with van der Waals surface area (Å²) < 4.78 is 0. The summed E-state index contributed by atoms with van der Waals surface area (Å²) in [7, 11) is 0. The molecule has 0 spiro atoms. The Bertz CT molecular complexity index is 519. The number of amides is 3. The first-order valence-corrected chi connectivity index (χ1v) is 10.6. The van der Waals surface area contributed by atoms with Crippen molar-refractivity contribution in [2.75, 3.05) is 24.3 Å².